The van der Waals surface area contributed by atoms with Crippen molar-refractivity contribution in [3.8, 4) is 0 Å². The zero-order chi connectivity index (χ0) is 44.4. The van der Waals surface area contributed by atoms with Crippen LogP contribution in [0.3, 0.4) is 0 Å². The van der Waals surface area contributed by atoms with E-state index < -0.39 is 23.6 Å². The Morgan fingerprint density at radius 3 is 1.03 bits per heavy atom. The van der Waals surface area contributed by atoms with Crippen LogP contribution in [0.2, 0.25) is 0 Å². The van der Waals surface area contributed by atoms with Gasteiger partial charge in [0.1, 0.15) is 0 Å². The molecular formula is C50H42N2O6S4. The van der Waals surface area contributed by atoms with Crippen LogP contribution in [0.4, 0.5) is 11.4 Å². The third kappa shape index (κ3) is 8.17. The predicted molar refractivity (Wildman–Crippen MR) is 251 cm³/mol. The van der Waals surface area contributed by atoms with Crippen LogP contribution in [0.1, 0.15) is 108 Å². The molecule has 2 aliphatic heterocycles. The van der Waals surface area contributed by atoms with Crippen LogP contribution in [0.5, 0.6) is 0 Å². The number of hydrogen-bond acceptors (Lipinski definition) is 10. The summed E-state index contributed by atoms with van der Waals surface area (Å²) in [6.07, 6.45) is 0. The van der Waals surface area contributed by atoms with Gasteiger partial charge in [-0.3, -0.25) is 28.8 Å². The Morgan fingerprint density at radius 2 is 0.742 bits per heavy atom. The number of nitrogens with zero attached hydrogens (tertiary/aromatic N) is 2. The molecule has 0 saturated carbocycles. The van der Waals surface area contributed by atoms with Crippen molar-refractivity contribution in [1.29, 1.82) is 0 Å². The topological polar surface area (TPSA) is 109 Å². The molecule has 62 heavy (non-hydrogen) atoms. The van der Waals surface area contributed by atoms with Crippen LogP contribution in [0, 0.1) is 0 Å². The molecule has 2 heterocycles. The molecule has 4 amide bonds. The molecular weight excluding hydrogens is 853 g/mol. The molecule has 8 rings (SSSR count). The molecule has 12 heteroatoms. The Balaban J connectivity index is 1.37. The van der Waals surface area contributed by atoms with Gasteiger partial charge in [0.25, 0.3) is 23.6 Å². The normalized spacial score (nSPS) is 13.9. The van der Waals surface area contributed by atoms with Gasteiger partial charge in [0.05, 0.1) is 33.6 Å². The van der Waals surface area contributed by atoms with Gasteiger partial charge in [0, 0.05) is 54.0 Å². The van der Waals surface area contributed by atoms with Crippen molar-refractivity contribution in [3.05, 3.63) is 143 Å². The lowest BCUT2D eigenvalue weighted by Crippen LogP contribution is -2.44. The van der Waals surface area contributed by atoms with Gasteiger partial charge >= 0.3 is 0 Å². The molecule has 2 aliphatic rings. The monoisotopic (exact) mass is 894 g/mol. The molecule has 0 N–H and O–H groups in total. The number of imide groups is 2. The van der Waals surface area contributed by atoms with Crippen molar-refractivity contribution in [1.82, 2.24) is 0 Å². The molecule has 312 valence electrons. The Bertz CT molecular complexity index is 2680. The van der Waals surface area contributed by atoms with Crippen LogP contribution >= 0.6 is 47.0 Å². The van der Waals surface area contributed by atoms with Crippen LogP contribution < -0.4 is 9.80 Å². The molecule has 6 aromatic rings. The molecule has 0 spiro atoms. The number of thioether (sulfide) groups is 2. The average Bonchev–Trinajstić information content (AvgIpc) is 3.20. The third-order valence-corrected chi connectivity index (χ3v) is 14.3. The van der Waals surface area contributed by atoms with E-state index in [-0.39, 0.29) is 54.1 Å². The Hall–Kier alpha value is -5.40. The fraction of sp³-hybridized carbons (Fsp3) is 0.200. The molecule has 0 aromatic heterocycles. The van der Waals surface area contributed by atoms with Crippen LogP contribution in [-0.4, -0.2) is 33.9 Å². The summed E-state index contributed by atoms with van der Waals surface area (Å²) in [7, 11) is 0. The molecule has 0 radical (unpaired) electrons. The summed E-state index contributed by atoms with van der Waals surface area (Å²) in [5, 5.41) is 0.309. The molecule has 0 fully saturated rings. The number of benzene rings is 6. The highest BCUT2D eigenvalue weighted by atomic mass is 32.2. The molecule has 8 nitrogen and oxygen atoms in total. The van der Waals surface area contributed by atoms with Gasteiger partial charge in [-0.15, -0.1) is 0 Å². The number of carbonyl (C=O) groups excluding carboxylic acids is 6. The number of amides is 4. The molecule has 0 aliphatic carbocycles. The van der Waals surface area contributed by atoms with Crippen molar-refractivity contribution >= 4 is 103 Å². The van der Waals surface area contributed by atoms with Crippen molar-refractivity contribution in [2.24, 2.45) is 0 Å². The van der Waals surface area contributed by atoms with E-state index in [4.69, 9.17) is 0 Å². The van der Waals surface area contributed by atoms with Gasteiger partial charge in [0.15, 0.2) is 10.2 Å². The number of hydrogen-bond donors (Lipinski definition) is 0. The first-order valence-corrected chi connectivity index (χ1v) is 23.2. The van der Waals surface area contributed by atoms with Gasteiger partial charge < -0.3 is 0 Å². The lowest BCUT2D eigenvalue weighted by atomic mass is 9.85. The zero-order valence-electron chi connectivity index (χ0n) is 35.4. The van der Waals surface area contributed by atoms with E-state index in [0.29, 0.717) is 31.0 Å². The van der Waals surface area contributed by atoms with Gasteiger partial charge in [-0.2, -0.15) is 0 Å². The van der Waals surface area contributed by atoms with Crippen LogP contribution in [-0.2, 0) is 20.4 Å². The van der Waals surface area contributed by atoms with Crippen LogP contribution in [0.15, 0.2) is 139 Å². The minimum absolute atomic E-state index is 0.0986. The lowest BCUT2D eigenvalue weighted by molar-refractivity contribution is -0.109. The maximum Gasteiger partial charge on any atom is 0.267 e. The second kappa shape index (κ2) is 16.4. The maximum absolute atomic E-state index is 15.1. The van der Waals surface area contributed by atoms with Crippen molar-refractivity contribution in [3.63, 3.8) is 0 Å². The molecule has 0 unspecified atom stereocenters. The first-order chi connectivity index (χ1) is 29.3. The van der Waals surface area contributed by atoms with Gasteiger partial charge in [-0.05, 0) is 107 Å². The van der Waals surface area contributed by atoms with Crippen molar-refractivity contribution < 1.29 is 28.8 Å². The standard InChI is InChI=1S/C50H42N2O6S4/c1-27(53)59-33-21-13-31(14-22-33)51-45(55)37-25-40(62-36-19-11-30(12-20-36)50(6,7)8)44-42-38(46(56)52(48(44)58)32-15-23-34(24-16-32)60-28(2)54)26-39(43(41(37)42)47(51)57)61-35-17-9-29(10-18-35)49(3,4)5/h9-26H,1-8H3. The van der Waals surface area contributed by atoms with Gasteiger partial charge in [-0.1, -0.05) is 113 Å². The highest BCUT2D eigenvalue weighted by Crippen LogP contribution is 2.49. The van der Waals surface area contributed by atoms with Crippen molar-refractivity contribution in [2.45, 2.75) is 95.6 Å². The summed E-state index contributed by atoms with van der Waals surface area (Å²) in [6.45, 7) is 15.7. The quantitative estimate of drug-likeness (QED) is 0.108. The first-order valence-electron chi connectivity index (χ1n) is 19.9. The lowest BCUT2D eigenvalue weighted by Gasteiger charge is -2.34. The van der Waals surface area contributed by atoms with E-state index in [0.717, 1.165) is 54.2 Å². The Labute approximate surface area is 377 Å². The van der Waals surface area contributed by atoms with Crippen LogP contribution in [0.25, 0.3) is 10.8 Å². The zero-order valence-corrected chi connectivity index (χ0v) is 38.6. The van der Waals surface area contributed by atoms with E-state index in [1.54, 1.807) is 60.7 Å². The maximum atomic E-state index is 15.1. The second-order valence-electron chi connectivity index (χ2n) is 17.2. The number of carbonyl (C=O) groups is 6. The largest absolute Gasteiger partial charge is 0.287 e. The third-order valence-electron chi connectivity index (χ3n) is 10.6. The Morgan fingerprint density at radius 1 is 0.435 bits per heavy atom. The first kappa shape index (κ1) is 43.3. The summed E-state index contributed by atoms with van der Waals surface area (Å²) in [6, 6.07) is 32.8. The van der Waals surface area contributed by atoms with Crippen molar-refractivity contribution in [2.75, 3.05) is 9.80 Å². The number of rotatable bonds is 8. The molecule has 0 atom stereocenters. The second-order valence-corrected chi connectivity index (χ2v) is 21.9. The smallest absolute Gasteiger partial charge is 0.267 e. The molecule has 6 aromatic carbocycles. The highest BCUT2D eigenvalue weighted by molar-refractivity contribution is 8.13. The van der Waals surface area contributed by atoms with E-state index in [1.807, 2.05) is 48.5 Å². The number of anilines is 2. The summed E-state index contributed by atoms with van der Waals surface area (Å²) < 4.78 is 0. The predicted octanol–water partition coefficient (Wildman–Crippen LogP) is 12.6. The van der Waals surface area contributed by atoms with E-state index >= 15 is 9.59 Å². The Kier molecular flexibility index (Phi) is 11.4. The summed E-state index contributed by atoms with van der Waals surface area (Å²) in [5.41, 5.74) is 3.45. The van der Waals surface area contributed by atoms with Gasteiger partial charge in [-0.25, -0.2) is 9.80 Å². The fourth-order valence-corrected chi connectivity index (χ4v) is 10.8. The summed E-state index contributed by atoms with van der Waals surface area (Å²) in [4.78, 5) is 89.9. The van der Waals surface area contributed by atoms with E-state index in [2.05, 4.69) is 41.5 Å². The molecule has 0 bridgehead atoms. The minimum atomic E-state index is -0.602. The fourth-order valence-electron chi connectivity index (χ4n) is 7.59. The average molecular weight is 895 g/mol. The van der Waals surface area contributed by atoms with E-state index in [9.17, 15) is 19.2 Å². The summed E-state index contributed by atoms with van der Waals surface area (Å²) >= 11 is 4.71. The van der Waals surface area contributed by atoms with E-state index in [1.165, 1.54) is 37.4 Å². The summed E-state index contributed by atoms with van der Waals surface area (Å²) in [5.74, 6) is -2.40. The van der Waals surface area contributed by atoms with Gasteiger partial charge in [0.2, 0.25) is 0 Å². The highest BCUT2D eigenvalue weighted by Gasteiger charge is 2.44. The SMILES string of the molecule is CC(=O)Sc1ccc(N2C(=O)c3cc(Sc4ccc(C(C)(C)C)cc4)c4c5c(cc(Sc6ccc(C(C)(C)C)cc6)c(c35)C2=O)C(=O)N(c2ccc(SC(C)=O)cc2)C4=O)cc1. The molecule has 0 saturated heterocycles. The minimum Gasteiger partial charge on any atom is -0.287 e.